The van der Waals surface area contributed by atoms with Crippen molar-refractivity contribution in [3.63, 3.8) is 0 Å². The Morgan fingerprint density at radius 2 is 2.08 bits per heavy atom. The van der Waals surface area contributed by atoms with Gasteiger partial charge in [0, 0.05) is 37.7 Å². The van der Waals surface area contributed by atoms with E-state index in [1.807, 2.05) is 25.3 Å². The number of anilines is 1. The second-order valence-corrected chi connectivity index (χ2v) is 6.52. The van der Waals surface area contributed by atoms with Crippen LogP contribution in [0.4, 0.5) is 10.5 Å². The zero-order valence-corrected chi connectivity index (χ0v) is 14.7. The molecule has 1 aromatic heterocycles. The Morgan fingerprint density at radius 1 is 1.24 bits per heavy atom. The molecule has 0 unspecified atom stereocenters. The van der Waals surface area contributed by atoms with Crippen molar-refractivity contribution in [2.24, 2.45) is 0 Å². The second-order valence-electron chi connectivity index (χ2n) is 6.52. The molecular weight excluding hydrogens is 312 g/mol. The molecule has 1 aliphatic rings. The Morgan fingerprint density at radius 3 is 2.84 bits per heavy atom. The SMILES string of the molecule is C[C@H](NC(=O)NCCc1cccnc1)c1cccc(N2CCCC2)c1. The number of urea groups is 1. The first-order chi connectivity index (χ1) is 12.2. The highest BCUT2D eigenvalue weighted by Gasteiger charge is 2.14. The van der Waals surface area contributed by atoms with Gasteiger partial charge in [0.1, 0.15) is 0 Å². The fraction of sp³-hybridized carbons (Fsp3) is 0.400. The molecule has 1 aliphatic heterocycles. The Kier molecular flexibility index (Phi) is 5.88. The van der Waals surface area contributed by atoms with Crippen molar-refractivity contribution in [1.29, 1.82) is 0 Å². The van der Waals surface area contributed by atoms with Crippen LogP contribution in [0.1, 0.15) is 36.9 Å². The second kappa shape index (κ2) is 8.51. The van der Waals surface area contributed by atoms with E-state index in [0.29, 0.717) is 6.54 Å². The van der Waals surface area contributed by atoms with Gasteiger partial charge in [-0.25, -0.2) is 4.79 Å². The maximum Gasteiger partial charge on any atom is 0.315 e. The van der Waals surface area contributed by atoms with Gasteiger partial charge in [-0.2, -0.15) is 0 Å². The maximum absolute atomic E-state index is 12.1. The molecule has 2 heterocycles. The third kappa shape index (κ3) is 4.95. The van der Waals surface area contributed by atoms with E-state index in [4.69, 9.17) is 0 Å². The molecule has 0 saturated carbocycles. The first-order valence-electron chi connectivity index (χ1n) is 9.00. The molecule has 1 atom stereocenters. The molecule has 5 nitrogen and oxygen atoms in total. The number of nitrogens with zero attached hydrogens (tertiary/aromatic N) is 2. The van der Waals surface area contributed by atoms with Crippen molar-refractivity contribution in [3.8, 4) is 0 Å². The first-order valence-corrected chi connectivity index (χ1v) is 9.00. The molecule has 25 heavy (non-hydrogen) atoms. The summed E-state index contributed by atoms with van der Waals surface area (Å²) >= 11 is 0. The number of benzene rings is 1. The van der Waals surface area contributed by atoms with Crippen molar-refractivity contribution in [2.75, 3.05) is 24.5 Å². The Hall–Kier alpha value is -2.56. The van der Waals surface area contributed by atoms with Gasteiger partial charge >= 0.3 is 6.03 Å². The van der Waals surface area contributed by atoms with Crippen LogP contribution in [0.15, 0.2) is 48.8 Å². The molecule has 2 aromatic rings. The average molecular weight is 338 g/mol. The van der Waals surface area contributed by atoms with Crippen molar-refractivity contribution in [1.82, 2.24) is 15.6 Å². The van der Waals surface area contributed by atoms with E-state index in [-0.39, 0.29) is 12.1 Å². The number of aromatic nitrogens is 1. The third-order valence-electron chi connectivity index (χ3n) is 4.61. The number of pyridine rings is 1. The number of carbonyl (C=O) groups is 1. The Balaban J connectivity index is 1.48. The van der Waals surface area contributed by atoms with Crippen LogP contribution in [0, 0.1) is 0 Å². The molecule has 5 heteroatoms. The maximum atomic E-state index is 12.1. The van der Waals surface area contributed by atoms with Crippen LogP contribution in [-0.4, -0.2) is 30.6 Å². The minimum Gasteiger partial charge on any atom is -0.372 e. The van der Waals surface area contributed by atoms with Gasteiger partial charge in [-0.3, -0.25) is 4.98 Å². The van der Waals surface area contributed by atoms with Gasteiger partial charge in [0.05, 0.1) is 6.04 Å². The molecule has 0 bridgehead atoms. The summed E-state index contributed by atoms with van der Waals surface area (Å²) in [6, 6.07) is 12.2. The summed E-state index contributed by atoms with van der Waals surface area (Å²) in [5.74, 6) is 0. The summed E-state index contributed by atoms with van der Waals surface area (Å²) in [5.41, 5.74) is 3.50. The highest BCUT2D eigenvalue weighted by atomic mass is 16.2. The number of rotatable bonds is 6. The minimum absolute atomic E-state index is 0.0269. The molecule has 2 amide bonds. The molecular formula is C20H26N4O. The molecule has 2 N–H and O–H groups in total. The smallest absolute Gasteiger partial charge is 0.315 e. The van der Waals surface area contributed by atoms with Crippen molar-refractivity contribution in [2.45, 2.75) is 32.2 Å². The molecule has 132 valence electrons. The van der Waals surface area contributed by atoms with Crippen LogP contribution in [0.3, 0.4) is 0 Å². The standard InChI is InChI=1S/C20H26N4O/c1-16(18-7-4-8-19(14-18)24-12-2-3-13-24)23-20(25)22-11-9-17-6-5-10-21-15-17/h4-8,10,14-16H,2-3,9,11-13H2,1H3,(H2,22,23,25)/t16-/m0/s1. The van der Waals surface area contributed by atoms with Crippen LogP contribution in [0.25, 0.3) is 0 Å². The number of hydrogen-bond donors (Lipinski definition) is 2. The van der Waals surface area contributed by atoms with Crippen LogP contribution in [-0.2, 0) is 6.42 Å². The highest BCUT2D eigenvalue weighted by Crippen LogP contribution is 2.23. The highest BCUT2D eigenvalue weighted by molar-refractivity contribution is 5.74. The summed E-state index contributed by atoms with van der Waals surface area (Å²) in [5, 5.41) is 5.93. The predicted octanol–water partition coefficient (Wildman–Crippen LogP) is 3.28. The number of amides is 2. The predicted molar refractivity (Wildman–Crippen MR) is 101 cm³/mol. The zero-order chi connectivity index (χ0) is 17.5. The van der Waals surface area contributed by atoms with Crippen molar-refractivity contribution >= 4 is 11.7 Å². The summed E-state index contributed by atoms with van der Waals surface area (Å²) in [6.07, 6.45) is 6.88. The molecule has 1 fully saturated rings. The number of nitrogens with one attached hydrogen (secondary N) is 2. The van der Waals surface area contributed by atoms with Gasteiger partial charge in [0.15, 0.2) is 0 Å². The van der Waals surface area contributed by atoms with Gasteiger partial charge in [0.25, 0.3) is 0 Å². The topological polar surface area (TPSA) is 57.3 Å². The Labute approximate surface area is 149 Å². The Bertz CT molecular complexity index is 683. The van der Waals surface area contributed by atoms with E-state index >= 15 is 0 Å². The molecule has 1 saturated heterocycles. The normalized spacial score (nSPS) is 15.0. The summed E-state index contributed by atoms with van der Waals surface area (Å²) in [4.78, 5) is 18.6. The average Bonchev–Trinajstić information content (AvgIpc) is 3.17. The van der Waals surface area contributed by atoms with Gasteiger partial charge < -0.3 is 15.5 Å². The lowest BCUT2D eigenvalue weighted by molar-refractivity contribution is 0.238. The largest absolute Gasteiger partial charge is 0.372 e. The fourth-order valence-corrected chi connectivity index (χ4v) is 3.16. The summed E-state index contributed by atoms with van der Waals surface area (Å²) in [6.45, 7) is 4.86. The van der Waals surface area contributed by atoms with Crippen LogP contribution < -0.4 is 15.5 Å². The zero-order valence-electron chi connectivity index (χ0n) is 14.7. The van der Waals surface area contributed by atoms with Crippen LogP contribution in [0.5, 0.6) is 0 Å². The van der Waals surface area contributed by atoms with E-state index < -0.39 is 0 Å². The van der Waals surface area contributed by atoms with E-state index in [1.165, 1.54) is 18.5 Å². The lowest BCUT2D eigenvalue weighted by Crippen LogP contribution is -2.38. The molecule has 0 radical (unpaired) electrons. The third-order valence-corrected chi connectivity index (χ3v) is 4.61. The fourth-order valence-electron chi connectivity index (χ4n) is 3.16. The quantitative estimate of drug-likeness (QED) is 0.850. The lowest BCUT2D eigenvalue weighted by atomic mass is 10.1. The van der Waals surface area contributed by atoms with Crippen LogP contribution in [0.2, 0.25) is 0 Å². The molecule has 3 rings (SSSR count). The van der Waals surface area contributed by atoms with E-state index in [9.17, 15) is 4.79 Å². The summed E-state index contributed by atoms with van der Waals surface area (Å²) < 4.78 is 0. The van der Waals surface area contributed by atoms with Gasteiger partial charge in [-0.1, -0.05) is 18.2 Å². The molecule has 1 aromatic carbocycles. The van der Waals surface area contributed by atoms with E-state index in [2.05, 4.69) is 44.8 Å². The van der Waals surface area contributed by atoms with Crippen LogP contribution >= 0.6 is 0 Å². The molecule has 0 spiro atoms. The van der Waals surface area contributed by atoms with Gasteiger partial charge in [-0.15, -0.1) is 0 Å². The number of carbonyl (C=O) groups excluding carboxylic acids is 1. The van der Waals surface area contributed by atoms with Crippen molar-refractivity contribution in [3.05, 3.63) is 59.9 Å². The monoisotopic (exact) mass is 338 g/mol. The van der Waals surface area contributed by atoms with E-state index in [0.717, 1.165) is 30.6 Å². The van der Waals surface area contributed by atoms with Gasteiger partial charge in [-0.05, 0) is 55.5 Å². The number of hydrogen-bond acceptors (Lipinski definition) is 3. The minimum atomic E-state index is -0.136. The molecule has 0 aliphatic carbocycles. The van der Waals surface area contributed by atoms with Crippen molar-refractivity contribution < 1.29 is 4.79 Å². The lowest BCUT2D eigenvalue weighted by Gasteiger charge is -2.21. The van der Waals surface area contributed by atoms with Gasteiger partial charge in [0.2, 0.25) is 0 Å². The summed E-state index contributed by atoms with van der Waals surface area (Å²) in [7, 11) is 0. The van der Waals surface area contributed by atoms with E-state index in [1.54, 1.807) is 6.20 Å². The first kappa shape index (κ1) is 17.3.